The fourth-order valence-corrected chi connectivity index (χ4v) is 6.32. The van der Waals surface area contributed by atoms with E-state index in [2.05, 4.69) is 45.2 Å². The predicted molar refractivity (Wildman–Crippen MR) is 166 cm³/mol. The number of fused-ring (bicyclic) bond motifs is 2. The van der Waals surface area contributed by atoms with E-state index in [0.717, 1.165) is 36.9 Å². The molecule has 1 aliphatic heterocycles. The molecule has 0 radical (unpaired) electrons. The van der Waals surface area contributed by atoms with E-state index in [9.17, 15) is 4.89 Å². The van der Waals surface area contributed by atoms with Gasteiger partial charge in [0.25, 0.3) is 0 Å². The Morgan fingerprint density at radius 1 is 1.02 bits per heavy atom. The van der Waals surface area contributed by atoms with Crippen molar-refractivity contribution in [1.29, 1.82) is 0 Å². The van der Waals surface area contributed by atoms with Crippen molar-refractivity contribution in [3.8, 4) is 12.3 Å². The Morgan fingerprint density at radius 3 is 2.53 bits per heavy atom. The summed E-state index contributed by atoms with van der Waals surface area (Å²) in [6, 6.07) is 8.67. The van der Waals surface area contributed by atoms with Crippen LogP contribution in [0.1, 0.15) is 42.7 Å². The molecule has 1 aromatic carbocycles. The Morgan fingerprint density at radius 2 is 1.77 bits per heavy atom. The number of aromatic nitrogens is 4. The molecule has 4 atom stereocenters. The van der Waals surface area contributed by atoms with Crippen LogP contribution in [-0.2, 0) is 30.1 Å². The average Bonchev–Trinajstić information content (AvgIpc) is 3.76. The molecular weight excluding hydrogens is 593 g/mol. The maximum atomic E-state index is 9.37. The highest BCUT2D eigenvalue weighted by atomic mass is 35.5. The fourth-order valence-electron chi connectivity index (χ4n) is 5.65. The predicted octanol–water partition coefficient (Wildman–Crippen LogP) is 3.94. The Hall–Kier alpha value is -2.39. The first kappa shape index (κ1) is 32.0. The summed E-state index contributed by atoms with van der Waals surface area (Å²) in [4.78, 5) is 20.9. The SMILES string of the molecule is C#CCOCCOCCOCCOCCN(c1nc(Cl)nc2c1cnn2C1CCC(CPO)O1)C1CCc2ccccc21. The number of hydrogen-bond acceptors (Lipinski definition) is 10. The molecule has 1 aliphatic carbocycles. The highest BCUT2D eigenvalue weighted by Gasteiger charge is 2.33. The largest absolute Gasteiger partial charge is 0.377 e. The van der Waals surface area contributed by atoms with E-state index in [1.807, 2.05) is 0 Å². The van der Waals surface area contributed by atoms with E-state index in [-0.39, 0.29) is 32.5 Å². The monoisotopic (exact) mass is 631 g/mol. The summed E-state index contributed by atoms with van der Waals surface area (Å²) in [5.41, 5.74) is 3.28. The minimum absolute atomic E-state index is 0.0170. The lowest BCUT2D eigenvalue weighted by atomic mass is 10.1. The number of benzene rings is 1. The quantitative estimate of drug-likeness (QED) is 0.0959. The van der Waals surface area contributed by atoms with E-state index in [4.69, 9.17) is 46.7 Å². The standard InChI is InChI=1S/C30H39ClN5O6P/c1-2-12-38-14-16-40-18-19-41-17-15-39-13-11-35(26-9-7-22-5-3-4-6-24(22)26)28-25-20-32-36(29(25)34-30(31)33-28)27-10-8-23(42-27)21-43-37/h1,3-6,20,23,26-27,37,43H,7-19,21H2. The van der Waals surface area contributed by atoms with Crippen LogP contribution >= 0.6 is 20.4 Å². The molecule has 3 aromatic rings. The maximum absolute atomic E-state index is 9.37. The van der Waals surface area contributed by atoms with Gasteiger partial charge in [-0.05, 0) is 48.4 Å². The van der Waals surface area contributed by atoms with Gasteiger partial charge in [-0.1, -0.05) is 30.2 Å². The molecule has 232 valence electrons. The first-order chi connectivity index (χ1) is 21.2. The van der Waals surface area contributed by atoms with Gasteiger partial charge in [0.05, 0.1) is 70.0 Å². The summed E-state index contributed by atoms with van der Waals surface area (Å²) >= 11 is 6.54. The zero-order chi connectivity index (χ0) is 29.9. The van der Waals surface area contributed by atoms with Crippen molar-refractivity contribution in [2.45, 2.75) is 44.1 Å². The Kier molecular flexibility index (Phi) is 12.4. The van der Waals surface area contributed by atoms with Gasteiger partial charge in [0.2, 0.25) is 5.28 Å². The van der Waals surface area contributed by atoms with Crippen molar-refractivity contribution in [2.75, 3.05) is 70.5 Å². The second-order valence-electron chi connectivity index (χ2n) is 10.3. The Balaban J connectivity index is 1.23. The minimum Gasteiger partial charge on any atom is -0.377 e. The topological polar surface area (TPSA) is 113 Å². The molecule has 0 amide bonds. The molecule has 5 rings (SSSR count). The van der Waals surface area contributed by atoms with Gasteiger partial charge in [-0.15, -0.1) is 6.42 Å². The zero-order valence-corrected chi connectivity index (χ0v) is 26.0. The third-order valence-electron chi connectivity index (χ3n) is 7.61. The van der Waals surface area contributed by atoms with Crippen molar-refractivity contribution >= 4 is 37.3 Å². The van der Waals surface area contributed by atoms with Crippen LogP contribution in [-0.4, -0.2) is 96.3 Å². The van der Waals surface area contributed by atoms with Crippen LogP contribution in [0, 0.1) is 12.3 Å². The smallest absolute Gasteiger partial charge is 0.226 e. The Bertz CT molecular complexity index is 1360. The van der Waals surface area contributed by atoms with Crippen LogP contribution in [0.5, 0.6) is 0 Å². The molecule has 11 nitrogen and oxygen atoms in total. The number of ether oxygens (including phenoxy) is 5. The molecule has 2 aliphatic rings. The molecule has 0 saturated carbocycles. The van der Waals surface area contributed by atoms with Crippen LogP contribution in [0.2, 0.25) is 5.28 Å². The van der Waals surface area contributed by atoms with E-state index in [1.54, 1.807) is 10.9 Å². The lowest BCUT2D eigenvalue weighted by Crippen LogP contribution is -2.32. The van der Waals surface area contributed by atoms with Gasteiger partial charge in [-0.25, -0.2) is 4.68 Å². The van der Waals surface area contributed by atoms with Crippen LogP contribution in [0.15, 0.2) is 30.5 Å². The number of aryl methyl sites for hydroxylation is 1. The Labute approximate surface area is 259 Å². The number of hydrogen-bond donors (Lipinski definition) is 1. The summed E-state index contributed by atoms with van der Waals surface area (Å²) in [5.74, 6) is 3.15. The van der Waals surface area contributed by atoms with Crippen molar-refractivity contribution in [3.05, 3.63) is 46.9 Å². The summed E-state index contributed by atoms with van der Waals surface area (Å²) in [7, 11) is -0.136. The number of halogens is 1. The van der Waals surface area contributed by atoms with Crippen molar-refractivity contribution in [2.24, 2.45) is 0 Å². The summed E-state index contributed by atoms with van der Waals surface area (Å²) in [6.45, 7) is 4.25. The van der Waals surface area contributed by atoms with E-state index in [1.165, 1.54) is 11.1 Å². The van der Waals surface area contributed by atoms with Crippen molar-refractivity contribution in [1.82, 2.24) is 19.7 Å². The first-order valence-corrected chi connectivity index (χ1v) is 16.2. The van der Waals surface area contributed by atoms with Gasteiger partial charge < -0.3 is 33.5 Å². The normalized spacial score (nSPS) is 19.9. The molecule has 1 fully saturated rings. The maximum Gasteiger partial charge on any atom is 0.226 e. The highest BCUT2D eigenvalue weighted by Crippen LogP contribution is 2.40. The zero-order valence-electron chi connectivity index (χ0n) is 24.2. The van der Waals surface area contributed by atoms with Crippen LogP contribution in [0.3, 0.4) is 0 Å². The summed E-state index contributed by atoms with van der Waals surface area (Å²) in [6.07, 6.45) is 11.0. The summed E-state index contributed by atoms with van der Waals surface area (Å²) < 4.78 is 30.2. The number of nitrogens with zero attached hydrogens (tertiary/aromatic N) is 5. The van der Waals surface area contributed by atoms with Gasteiger partial charge in [0, 0.05) is 21.5 Å². The number of anilines is 1. The van der Waals surface area contributed by atoms with E-state index in [0.29, 0.717) is 71.2 Å². The average molecular weight is 632 g/mol. The highest BCUT2D eigenvalue weighted by molar-refractivity contribution is 7.31. The molecule has 0 bridgehead atoms. The number of terminal acetylenes is 1. The molecule has 3 heterocycles. The molecule has 43 heavy (non-hydrogen) atoms. The van der Waals surface area contributed by atoms with Crippen LogP contribution in [0.25, 0.3) is 11.0 Å². The second-order valence-corrected chi connectivity index (χ2v) is 11.4. The molecular formula is C30H39ClN5O6P. The molecule has 0 spiro atoms. The van der Waals surface area contributed by atoms with Crippen molar-refractivity contribution in [3.63, 3.8) is 0 Å². The van der Waals surface area contributed by atoms with Gasteiger partial charge in [0.1, 0.15) is 12.4 Å². The first-order valence-electron chi connectivity index (χ1n) is 14.7. The molecule has 4 unspecified atom stereocenters. The fraction of sp³-hybridized carbons (Fsp3) is 0.567. The lowest BCUT2D eigenvalue weighted by Gasteiger charge is -2.31. The lowest BCUT2D eigenvalue weighted by molar-refractivity contribution is 0.00201. The molecule has 13 heteroatoms. The molecule has 1 N–H and O–H groups in total. The molecule has 2 aromatic heterocycles. The van der Waals surface area contributed by atoms with Crippen molar-refractivity contribution < 1.29 is 28.6 Å². The molecule has 1 saturated heterocycles. The third kappa shape index (κ3) is 8.41. The van der Waals surface area contributed by atoms with Gasteiger partial charge >= 0.3 is 0 Å². The van der Waals surface area contributed by atoms with Crippen LogP contribution < -0.4 is 4.90 Å². The van der Waals surface area contributed by atoms with E-state index >= 15 is 0 Å². The van der Waals surface area contributed by atoms with E-state index < -0.39 is 0 Å². The van der Waals surface area contributed by atoms with Gasteiger partial charge in [-0.2, -0.15) is 15.1 Å². The minimum atomic E-state index is -0.256. The summed E-state index contributed by atoms with van der Waals surface area (Å²) in [5, 5.41) is 5.64. The van der Waals surface area contributed by atoms with Gasteiger partial charge in [0.15, 0.2) is 11.9 Å². The van der Waals surface area contributed by atoms with Gasteiger partial charge in [-0.3, -0.25) is 0 Å². The third-order valence-corrected chi connectivity index (χ3v) is 8.42. The van der Waals surface area contributed by atoms with Crippen LogP contribution in [0.4, 0.5) is 5.82 Å². The number of rotatable bonds is 18. The second kappa shape index (κ2) is 16.6.